The molecule has 1 aliphatic rings. The standard InChI is InChI=1S/C12H23NO/c1-11(2,3)8-7-9(14)13-10(8)12(4,5)6/h8,10H,7H2,1-6H3,(H,13,14)/t8-,10+/m0/s1. The molecule has 1 aliphatic heterocycles. The largest absolute Gasteiger partial charge is 0.353 e. The van der Waals surface area contributed by atoms with E-state index in [1.165, 1.54) is 0 Å². The monoisotopic (exact) mass is 197 g/mol. The van der Waals surface area contributed by atoms with Crippen LogP contribution < -0.4 is 5.32 Å². The summed E-state index contributed by atoms with van der Waals surface area (Å²) in [6, 6.07) is 0.315. The molecule has 0 aliphatic carbocycles. The van der Waals surface area contributed by atoms with Crippen LogP contribution in [0.15, 0.2) is 0 Å². The Morgan fingerprint density at radius 2 is 1.57 bits per heavy atom. The van der Waals surface area contributed by atoms with Crippen LogP contribution in [0.4, 0.5) is 0 Å². The first-order valence-corrected chi connectivity index (χ1v) is 5.42. The van der Waals surface area contributed by atoms with Crippen LogP contribution in [0.3, 0.4) is 0 Å². The zero-order valence-corrected chi connectivity index (χ0v) is 10.3. The Morgan fingerprint density at radius 1 is 1.07 bits per heavy atom. The second-order valence-corrected chi connectivity index (χ2v) is 6.59. The molecule has 0 aromatic heterocycles. The lowest BCUT2D eigenvalue weighted by molar-refractivity contribution is -0.119. The first kappa shape index (κ1) is 11.5. The van der Waals surface area contributed by atoms with E-state index in [1.807, 2.05) is 0 Å². The SMILES string of the molecule is CC(C)(C)[C@@H]1NC(=O)C[C@@H]1C(C)(C)C. The number of carbonyl (C=O) groups is 1. The minimum Gasteiger partial charge on any atom is -0.353 e. The minimum absolute atomic E-state index is 0.157. The molecule has 14 heavy (non-hydrogen) atoms. The highest BCUT2D eigenvalue weighted by Crippen LogP contribution is 2.41. The molecule has 2 nitrogen and oxygen atoms in total. The summed E-state index contributed by atoms with van der Waals surface area (Å²) in [6.07, 6.45) is 0.686. The molecule has 1 heterocycles. The van der Waals surface area contributed by atoms with E-state index in [4.69, 9.17) is 0 Å². The molecule has 0 aromatic carbocycles. The second kappa shape index (κ2) is 3.25. The Bertz CT molecular complexity index is 208. The number of carbonyl (C=O) groups excluding carboxylic acids is 1. The zero-order chi connectivity index (χ0) is 11.1. The molecule has 1 N–H and O–H groups in total. The molecule has 2 heteroatoms. The van der Waals surface area contributed by atoms with E-state index in [9.17, 15) is 4.79 Å². The van der Waals surface area contributed by atoms with Gasteiger partial charge in [-0.3, -0.25) is 4.79 Å². The second-order valence-electron chi connectivity index (χ2n) is 6.59. The Balaban J connectivity index is 2.89. The molecule has 0 bridgehead atoms. The summed E-state index contributed by atoms with van der Waals surface area (Å²) < 4.78 is 0. The van der Waals surface area contributed by atoms with Crippen molar-refractivity contribution >= 4 is 5.91 Å². The molecule has 2 atom stereocenters. The van der Waals surface area contributed by atoms with Crippen molar-refractivity contribution in [1.29, 1.82) is 0 Å². The Hall–Kier alpha value is -0.530. The summed E-state index contributed by atoms with van der Waals surface area (Å²) >= 11 is 0. The highest BCUT2D eigenvalue weighted by molar-refractivity contribution is 5.79. The van der Waals surface area contributed by atoms with Gasteiger partial charge in [0.25, 0.3) is 0 Å². The fourth-order valence-corrected chi connectivity index (χ4v) is 2.28. The Morgan fingerprint density at radius 3 is 1.86 bits per heavy atom. The lowest BCUT2D eigenvalue weighted by Gasteiger charge is -2.38. The van der Waals surface area contributed by atoms with E-state index in [1.54, 1.807) is 0 Å². The Labute approximate surface area is 87.5 Å². The molecule has 0 spiro atoms. The summed E-state index contributed by atoms with van der Waals surface area (Å²) in [7, 11) is 0. The van der Waals surface area contributed by atoms with Gasteiger partial charge in [-0.1, -0.05) is 41.5 Å². The average molecular weight is 197 g/mol. The van der Waals surface area contributed by atoms with Gasteiger partial charge in [0.05, 0.1) is 0 Å². The summed E-state index contributed by atoms with van der Waals surface area (Å²) in [4.78, 5) is 11.4. The van der Waals surface area contributed by atoms with Crippen molar-refractivity contribution in [2.45, 2.75) is 54.0 Å². The van der Waals surface area contributed by atoms with Crippen LogP contribution in [0.1, 0.15) is 48.0 Å². The van der Waals surface area contributed by atoms with Gasteiger partial charge in [-0.2, -0.15) is 0 Å². The fraction of sp³-hybridized carbons (Fsp3) is 0.917. The first-order valence-electron chi connectivity index (χ1n) is 5.42. The van der Waals surface area contributed by atoms with Gasteiger partial charge in [0.2, 0.25) is 5.91 Å². The highest BCUT2D eigenvalue weighted by Gasteiger charge is 2.44. The maximum absolute atomic E-state index is 11.4. The van der Waals surface area contributed by atoms with Crippen LogP contribution >= 0.6 is 0 Å². The zero-order valence-electron chi connectivity index (χ0n) is 10.3. The molecule has 82 valence electrons. The van der Waals surface area contributed by atoms with Crippen LogP contribution in [-0.2, 0) is 4.79 Å². The molecule has 0 radical (unpaired) electrons. The topological polar surface area (TPSA) is 29.1 Å². The predicted molar refractivity (Wildman–Crippen MR) is 58.9 cm³/mol. The molecular formula is C12H23NO. The van der Waals surface area contributed by atoms with Crippen molar-refractivity contribution in [2.24, 2.45) is 16.7 Å². The number of nitrogens with one attached hydrogen (secondary N) is 1. The maximum Gasteiger partial charge on any atom is 0.220 e. The average Bonchev–Trinajstić information content (AvgIpc) is 2.27. The van der Waals surface area contributed by atoms with Crippen LogP contribution in [-0.4, -0.2) is 11.9 Å². The van der Waals surface area contributed by atoms with Gasteiger partial charge in [-0.15, -0.1) is 0 Å². The van der Waals surface area contributed by atoms with Crippen molar-refractivity contribution in [3.63, 3.8) is 0 Å². The third-order valence-corrected chi connectivity index (χ3v) is 3.17. The maximum atomic E-state index is 11.4. The number of hydrogen-bond acceptors (Lipinski definition) is 1. The van der Waals surface area contributed by atoms with E-state index in [-0.39, 0.29) is 16.7 Å². The van der Waals surface area contributed by atoms with Gasteiger partial charge in [-0.05, 0) is 16.7 Å². The molecule has 1 rings (SSSR count). The van der Waals surface area contributed by atoms with Crippen molar-refractivity contribution in [2.75, 3.05) is 0 Å². The Kier molecular flexibility index (Phi) is 2.68. The molecule has 1 saturated heterocycles. The van der Waals surface area contributed by atoms with Gasteiger partial charge >= 0.3 is 0 Å². The van der Waals surface area contributed by atoms with Crippen LogP contribution in [0.2, 0.25) is 0 Å². The molecule has 1 amide bonds. The van der Waals surface area contributed by atoms with E-state index in [2.05, 4.69) is 46.9 Å². The van der Waals surface area contributed by atoms with Gasteiger partial charge in [0.15, 0.2) is 0 Å². The minimum atomic E-state index is 0.157. The smallest absolute Gasteiger partial charge is 0.220 e. The summed E-state index contributed by atoms with van der Waals surface area (Å²) in [6.45, 7) is 13.2. The van der Waals surface area contributed by atoms with Gasteiger partial charge in [0, 0.05) is 12.5 Å². The number of amides is 1. The quantitative estimate of drug-likeness (QED) is 0.635. The van der Waals surface area contributed by atoms with Gasteiger partial charge < -0.3 is 5.32 Å². The van der Waals surface area contributed by atoms with Crippen LogP contribution in [0.25, 0.3) is 0 Å². The summed E-state index contributed by atoms with van der Waals surface area (Å²) in [5, 5.41) is 3.11. The third kappa shape index (κ3) is 2.28. The lowest BCUT2D eigenvalue weighted by Crippen LogP contribution is -2.44. The lowest BCUT2D eigenvalue weighted by atomic mass is 9.69. The van der Waals surface area contributed by atoms with E-state index >= 15 is 0 Å². The van der Waals surface area contributed by atoms with E-state index < -0.39 is 0 Å². The van der Waals surface area contributed by atoms with E-state index in [0.717, 1.165) is 0 Å². The normalized spacial score (nSPS) is 29.1. The highest BCUT2D eigenvalue weighted by atomic mass is 16.2. The van der Waals surface area contributed by atoms with Crippen molar-refractivity contribution in [3.8, 4) is 0 Å². The van der Waals surface area contributed by atoms with Gasteiger partial charge in [0.1, 0.15) is 0 Å². The van der Waals surface area contributed by atoms with Gasteiger partial charge in [-0.25, -0.2) is 0 Å². The van der Waals surface area contributed by atoms with Crippen LogP contribution in [0, 0.1) is 16.7 Å². The van der Waals surface area contributed by atoms with Crippen molar-refractivity contribution < 1.29 is 4.79 Å². The fourth-order valence-electron chi connectivity index (χ4n) is 2.28. The third-order valence-electron chi connectivity index (χ3n) is 3.17. The molecule has 0 saturated carbocycles. The molecule has 1 fully saturated rings. The predicted octanol–water partition coefficient (Wildman–Crippen LogP) is 2.58. The molecular weight excluding hydrogens is 174 g/mol. The van der Waals surface area contributed by atoms with Crippen molar-refractivity contribution in [3.05, 3.63) is 0 Å². The number of hydrogen-bond donors (Lipinski definition) is 1. The first-order chi connectivity index (χ1) is 6.12. The summed E-state index contributed by atoms with van der Waals surface area (Å²) in [5.41, 5.74) is 0.362. The molecule has 0 unspecified atom stereocenters. The summed E-state index contributed by atoms with van der Waals surface area (Å²) in [5.74, 6) is 0.667. The van der Waals surface area contributed by atoms with E-state index in [0.29, 0.717) is 18.4 Å². The van der Waals surface area contributed by atoms with Crippen LogP contribution in [0.5, 0.6) is 0 Å². The number of rotatable bonds is 0. The van der Waals surface area contributed by atoms with Crippen molar-refractivity contribution in [1.82, 2.24) is 5.32 Å². The molecule has 0 aromatic rings.